The molecule has 1 saturated heterocycles. The van der Waals surface area contributed by atoms with E-state index in [4.69, 9.17) is 5.11 Å². The SMILES string of the molecule is CCN(CC(=O)O)C1CCN(C(=O)c2ccc(C)cc2)CC1. The van der Waals surface area contributed by atoms with Gasteiger partial charge in [-0.15, -0.1) is 0 Å². The Labute approximate surface area is 131 Å². The van der Waals surface area contributed by atoms with E-state index in [1.54, 1.807) is 0 Å². The van der Waals surface area contributed by atoms with Gasteiger partial charge in [-0.05, 0) is 38.4 Å². The van der Waals surface area contributed by atoms with Gasteiger partial charge in [0.1, 0.15) is 0 Å². The predicted molar refractivity (Wildman–Crippen MR) is 85.0 cm³/mol. The molecule has 0 spiro atoms. The van der Waals surface area contributed by atoms with Crippen LogP contribution >= 0.6 is 0 Å². The van der Waals surface area contributed by atoms with Gasteiger partial charge in [-0.1, -0.05) is 24.6 Å². The van der Waals surface area contributed by atoms with Crippen molar-refractivity contribution in [2.75, 3.05) is 26.2 Å². The predicted octanol–water partition coefficient (Wildman–Crippen LogP) is 2.01. The highest BCUT2D eigenvalue weighted by Gasteiger charge is 2.27. The van der Waals surface area contributed by atoms with Crippen LogP contribution in [0.25, 0.3) is 0 Å². The fourth-order valence-corrected chi connectivity index (χ4v) is 2.99. The van der Waals surface area contributed by atoms with Crippen LogP contribution in [-0.2, 0) is 4.79 Å². The molecule has 0 unspecified atom stereocenters. The summed E-state index contributed by atoms with van der Waals surface area (Å²) in [4.78, 5) is 27.2. The van der Waals surface area contributed by atoms with Crippen LogP contribution in [0.3, 0.4) is 0 Å². The quantitative estimate of drug-likeness (QED) is 0.904. The zero-order chi connectivity index (χ0) is 16.1. The zero-order valence-electron chi connectivity index (χ0n) is 13.3. The summed E-state index contributed by atoms with van der Waals surface area (Å²) < 4.78 is 0. The van der Waals surface area contributed by atoms with Gasteiger partial charge in [0.2, 0.25) is 0 Å². The maximum absolute atomic E-state index is 12.5. The van der Waals surface area contributed by atoms with E-state index in [1.807, 2.05) is 47.9 Å². The number of rotatable bonds is 5. The van der Waals surface area contributed by atoms with Crippen molar-refractivity contribution in [3.63, 3.8) is 0 Å². The first-order valence-corrected chi connectivity index (χ1v) is 7.83. The number of carbonyl (C=O) groups is 2. The molecular formula is C17H24N2O3. The van der Waals surface area contributed by atoms with E-state index >= 15 is 0 Å². The topological polar surface area (TPSA) is 60.9 Å². The fraction of sp³-hybridized carbons (Fsp3) is 0.529. The van der Waals surface area contributed by atoms with Crippen LogP contribution in [0.5, 0.6) is 0 Å². The van der Waals surface area contributed by atoms with Crippen LogP contribution in [0.1, 0.15) is 35.7 Å². The van der Waals surface area contributed by atoms with Gasteiger partial charge in [-0.2, -0.15) is 0 Å². The Morgan fingerprint density at radius 3 is 2.32 bits per heavy atom. The monoisotopic (exact) mass is 304 g/mol. The van der Waals surface area contributed by atoms with Gasteiger partial charge >= 0.3 is 5.97 Å². The van der Waals surface area contributed by atoms with E-state index in [9.17, 15) is 9.59 Å². The lowest BCUT2D eigenvalue weighted by atomic mass is 10.0. The van der Waals surface area contributed by atoms with Crippen molar-refractivity contribution in [2.24, 2.45) is 0 Å². The number of hydrogen-bond donors (Lipinski definition) is 1. The van der Waals surface area contributed by atoms with Gasteiger partial charge in [-0.25, -0.2) is 0 Å². The van der Waals surface area contributed by atoms with Gasteiger partial charge in [0.25, 0.3) is 5.91 Å². The number of carboxylic acid groups (broad SMARTS) is 1. The molecule has 5 nitrogen and oxygen atoms in total. The molecule has 0 aromatic heterocycles. The summed E-state index contributed by atoms with van der Waals surface area (Å²) in [6.07, 6.45) is 1.66. The van der Waals surface area contributed by atoms with Gasteiger partial charge in [0, 0.05) is 24.7 Å². The number of benzene rings is 1. The summed E-state index contributed by atoms with van der Waals surface area (Å²) in [6, 6.07) is 7.89. The number of likely N-dealkylation sites (tertiary alicyclic amines) is 1. The number of nitrogens with zero attached hydrogens (tertiary/aromatic N) is 2. The third kappa shape index (κ3) is 4.07. The number of hydrogen-bond acceptors (Lipinski definition) is 3. The Morgan fingerprint density at radius 1 is 1.23 bits per heavy atom. The molecule has 22 heavy (non-hydrogen) atoms. The first-order chi connectivity index (χ1) is 10.5. The second kappa shape index (κ2) is 7.40. The Balaban J connectivity index is 1.92. The minimum atomic E-state index is -0.792. The normalized spacial score (nSPS) is 16.0. The van der Waals surface area contributed by atoms with Crippen molar-refractivity contribution in [1.82, 2.24) is 9.80 Å². The Morgan fingerprint density at radius 2 is 1.82 bits per heavy atom. The second-order valence-electron chi connectivity index (χ2n) is 5.85. The summed E-state index contributed by atoms with van der Waals surface area (Å²) in [6.45, 7) is 6.16. The lowest BCUT2D eigenvalue weighted by molar-refractivity contribution is -0.139. The van der Waals surface area contributed by atoms with Crippen LogP contribution in [-0.4, -0.2) is 59.0 Å². The maximum atomic E-state index is 12.5. The Hall–Kier alpha value is -1.88. The number of carbonyl (C=O) groups excluding carboxylic acids is 1. The van der Waals surface area contributed by atoms with E-state index < -0.39 is 5.97 Å². The molecule has 0 aliphatic carbocycles. The molecule has 0 radical (unpaired) electrons. The van der Waals surface area contributed by atoms with E-state index in [-0.39, 0.29) is 18.5 Å². The van der Waals surface area contributed by atoms with Crippen molar-refractivity contribution >= 4 is 11.9 Å². The van der Waals surface area contributed by atoms with Crippen LogP contribution < -0.4 is 0 Å². The van der Waals surface area contributed by atoms with Crippen LogP contribution in [0.2, 0.25) is 0 Å². The Bertz CT molecular complexity index is 519. The molecule has 1 aliphatic heterocycles. The van der Waals surface area contributed by atoms with E-state index in [1.165, 1.54) is 0 Å². The zero-order valence-corrected chi connectivity index (χ0v) is 13.3. The number of piperidine rings is 1. The lowest BCUT2D eigenvalue weighted by Gasteiger charge is -2.37. The average molecular weight is 304 g/mol. The van der Waals surface area contributed by atoms with Crippen molar-refractivity contribution in [3.05, 3.63) is 35.4 Å². The molecule has 1 fully saturated rings. The van der Waals surface area contributed by atoms with E-state index in [0.29, 0.717) is 13.1 Å². The first-order valence-electron chi connectivity index (χ1n) is 7.83. The minimum Gasteiger partial charge on any atom is -0.480 e. The van der Waals surface area contributed by atoms with Gasteiger partial charge < -0.3 is 10.0 Å². The van der Waals surface area contributed by atoms with Gasteiger partial charge in [0.15, 0.2) is 0 Å². The minimum absolute atomic E-state index is 0.0692. The van der Waals surface area contributed by atoms with Gasteiger partial charge in [0.05, 0.1) is 6.54 Å². The van der Waals surface area contributed by atoms with Crippen molar-refractivity contribution in [2.45, 2.75) is 32.7 Å². The van der Waals surface area contributed by atoms with E-state index in [0.717, 1.165) is 30.5 Å². The molecular weight excluding hydrogens is 280 g/mol. The van der Waals surface area contributed by atoms with Crippen LogP contribution in [0, 0.1) is 6.92 Å². The standard InChI is InChI=1S/C17H24N2O3/c1-3-18(12-16(20)21)15-8-10-19(11-9-15)17(22)14-6-4-13(2)5-7-14/h4-7,15H,3,8-12H2,1-2H3,(H,20,21). The summed E-state index contributed by atoms with van der Waals surface area (Å²) in [5.74, 6) is -0.722. The summed E-state index contributed by atoms with van der Waals surface area (Å²) in [7, 11) is 0. The molecule has 1 aromatic rings. The molecule has 0 atom stereocenters. The van der Waals surface area contributed by atoms with Crippen molar-refractivity contribution in [3.8, 4) is 0 Å². The summed E-state index contributed by atoms with van der Waals surface area (Å²) >= 11 is 0. The molecule has 1 aromatic carbocycles. The molecule has 1 heterocycles. The number of carboxylic acids is 1. The molecule has 1 amide bonds. The smallest absolute Gasteiger partial charge is 0.317 e. The Kier molecular flexibility index (Phi) is 5.55. The van der Waals surface area contributed by atoms with Gasteiger partial charge in [-0.3, -0.25) is 14.5 Å². The van der Waals surface area contributed by atoms with Crippen molar-refractivity contribution < 1.29 is 14.7 Å². The highest BCUT2D eigenvalue weighted by Crippen LogP contribution is 2.18. The third-order valence-corrected chi connectivity index (χ3v) is 4.31. The highest BCUT2D eigenvalue weighted by molar-refractivity contribution is 5.94. The first kappa shape index (κ1) is 16.5. The van der Waals surface area contributed by atoms with E-state index in [2.05, 4.69) is 0 Å². The van der Waals surface area contributed by atoms with Crippen LogP contribution in [0.15, 0.2) is 24.3 Å². The molecule has 0 bridgehead atoms. The summed E-state index contributed by atoms with van der Waals surface area (Å²) in [5.41, 5.74) is 1.87. The molecule has 2 rings (SSSR count). The van der Waals surface area contributed by atoms with Crippen LogP contribution in [0.4, 0.5) is 0 Å². The summed E-state index contributed by atoms with van der Waals surface area (Å²) in [5, 5.41) is 8.95. The maximum Gasteiger partial charge on any atom is 0.317 e. The molecule has 120 valence electrons. The molecule has 1 N–H and O–H groups in total. The number of aryl methyl sites for hydroxylation is 1. The van der Waals surface area contributed by atoms with Crippen molar-refractivity contribution in [1.29, 1.82) is 0 Å². The second-order valence-corrected chi connectivity index (χ2v) is 5.85. The third-order valence-electron chi connectivity index (χ3n) is 4.31. The number of likely N-dealkylation sites (N-methyl/N-ethyl adjacent to an activating group) is 1. The highest BCUT2D eigenvalue weighted by atomic mass is 16.4. The molecule has 1 aliphatic rings. The molecule has 0 saturated carbocycles. The lowest BCUT2D eigenvalue weighted by Crippen LogP contribution is -2.48. The average Bonchev–Trinajstić information content (AvgIpc) is 2.52. The molecule has 5 heteroatoms. The number of aliphatic carboxylic acids is 1. The number of amides is 1. The fourth-order valence-electron chi connectivity index (χ4n) is 2.99. The largest absolute Gasteiger partial charge is 0.480 e.